The average molecular weight is 352 g/mol. The Morgan fingerprint density at radius 1 is 1.12 bits per heavy atom. The summed E-state index contributed by atoms with van der Waals surface area (Å²) >= 11 is 0. The highest BCUT2D eigenvalue weighted by molar-refractivity contribution is 7.89. The van der Waals surface area contributed by atoms with Gasteiger partial charge in [0, 0.05) is 6.54 Å². The predicted octanol–water partition coefficient (Wildman–Crippen LogP) is 1.21. The summed E-state index contributed by atoms with van der Waals surface area (Å²) in [5.74, 6) is -0.659. The van der Waals surface area contributed by atoms with Gasteiger partial charge in [-0.05, 0) is 42.3 Å². The van der Waals surface area contributed by atoms with Crippen LogP contribution in [0.5, 0.6) is 5.75 Å². The predicted molar refractivity (Wildman–Crippen MR) is 86.4 cm³/mol. The van der Waals surface area contributed by atoms with Gasteiger partial charge in [-0.3, -0.25) is 4.79 Å². The normalized spacial score (nSPS) is 11.2. The highest BCUT2D eigenvalue weighted by atomic mass is 32.2. The number of sulfonamides is 1. The van der Waals surface area contributed by atoms with E-state index in [1.54, 1.807) is 18.2 Å². The molecule has 0 atom stereocenters. The second-order valence-electron chi connectivity index (χ2n) is 4.97. The monoisotopic (exact) mass is 352 g/mol. The molecule has 0 aromatic heterocycles. The molecule has 2 aromatic rings. The molecule has 0 spiro atoms. The molecule has 0 fully saturated rings. The molecule has 0 unspecified atom stereocenters. The molecular weight excluding hydrogens is 335 g/mol. The summed E-state index contributed by atoms with van der Waals surface area (Å²) in [4.78, 5) is 10.7. The minimum atomic E-state index is -3.71. The van der Waals surface area contributed by atoms with E-state index in [1.165, 1.54) is 30.3 Å². The number of benzene rings is 2. The number of carbonyl (C=O) groups excluding carboxylic acids is 1. The number of nitrogens with one attached hydrogen (secondary N) is 1. The Labute approximate surface area is 139 Å². The van der Waals surface area contributed by atoms with Crippen molar-refractivity contribution in [2.75, 3.05) is 13.2 Å². The van der Waals surface area contributed by atoms with Crippen LogP contribution in [-0.2, 0) is 21.2 Å². The number of rotatable bonds is 8. The summed E-state index contributed by atoms with van der Waals surface area (Å²) in [6, 6.07) is 11.7. The number of nitrogens with two attached hydrogens (primary N) is 1. The van der Waals surface area contributed by atoms with Gasteiger partial charge < -0.3 is 10.5 Å². The number of amides is 1. The standard InChI is InChI=1S/C16H17FN2O4S/c17-15-4-2-1-3-12(15)9-10-19-24(21,22)14-7-5-13(6-8-14)23-11-16(18)20/h1-8,19H,9-11H2,(H2,18,20). The van der Waals surface area contributed by atoms with Crippen LogP contribution in [0.4, 0.5) is 4.39 Å². The lowest BCUT2D eigenvalue weighted by Crippen LogP contribution is -2.26. The molecule has 1 amide bonds. The molecule has 0 saturated carbocycles. The number of hydrogen-bond acceptors (Lipinski definition) is 4. The number of ether oxygens (including phenoxy) is 1. The van der Waals surface area contributed by atoms with Crippen molar-refractivity contribution in [1.82, 2.24) is 4.72 Å². The van der Waals surface area contributed by atoms with Crippen molar-refractivity contribution < 1.29 is 22.3 Å². The molecular formula is C16H17FN2O4S. The second kappa shape index (κ2) is 7.89. The van der Waals surface area contributed by atoms with Crippen LogP contribution < -0.4 is 15.2 Å². The molecule has 0 aliphatic heterocycles. The highest BCUT2D eigenvalue weighted by Gasteiger charge is 2.14. The zero-order chi connectivity index (χ0) is 17.6. The van der Waals surface area contributed by atoms with E-state index in [9.17, 15) is 17.6 Å². The van der Waals surface area contributed by atoms with Gasteiger partial charge in [0.15, 0.2) is 6.61 Å². The van der Waals surface area contributed by atoms with Crippen molar-refractivity contribution >= 4 is 15.9 Å². The fourth-order valence-electron chi connectivity index (χ4n) is 1.97. The van der Waals surface area contributed by atoms with E-state index in [1.807, 2.05) is 0 Å². The van der Waals surface area contributed by atoms with Gasteiger partial charge in [-0.2, -0.15) is 0 Å². The maximum Gasteiger partial charge on any atom is 0.255 e. The molecule has 128 valence electrons. The van der Waals surface area contributed by atoms with Gasteiger partial charge >= 0.3 is 0 Å². The number of carbonyl (C=O) groups is 1. The summed E-state index contributed by atoms with van der Waals surface area (Å²) in [5, 5.41) is 0. The molecule has 0 bridgehead atoms. The van der Waals surface area contributed by atoms with Gasteiger partial charge in [0.2, 0.25) is 10.0 Å². The summed E-state index contributed by atoms with van der Waals surface area (Å²) < 4.78 is 45.3. The zero-order valence-corrected chi connectivity index (χ0v) is 13.6. The van der Waals surface area contributed by atoms with Crippen LogP contribution in [0.3, 0.4) is 0 Å². The Morgan fingerprint density at radius 2 is 1.79 bits per heavy atom. The first-order valence-corrected chi connectivity index (χ1v) is 8.61. The first-order valence-electron chi connectivity index (χ1n) is 7.13. The number of primary amides is 1. The van der Waals surface area contributed by atoms with Crippen molar-refractivity contribution in [3.05, 3.63) is 59.9 Å². The third-order valence-electron chi connectivity index (χ3n) is 3.16. The van der Waals surface area contributed by atoms with Gasteiger partial charge in [0.05, 0.1) is 4.90 Å². The topological polar surface area (TPSA) is 98.5 Å². The maximum absolute atomic E-state index is 13.5. The minimum absolute atomic E-state index is 0.0439. The van der Waals surface area contributed by atoms with E-state index in [4.69, 9.17) is 10.5 Å². The summed E-state index contributed by atoms with van der Waals surface area (Å²) in [7, 11) is -3.71. The number of hydrogen-bond donors (Lipinski definition) is 2. The zero-order valence-electron chi connectivity index (χ0n) is 12.7. The molecule has 24 heavy (non-hydrogen) atoms. The maximum atomic E-state index is 13.5. The van der Waals surface area contributed by atoms with Gasteiger partial charge in [-0.25, -0.2) is 17.5 Å². The molecule has 0 saturated heterocycles. The highest BCUT2D eigenvalue weighted by Crippen LogP contribution is 2.16. The molecule has 0 aliphatic rings. The largest absolute Gasteiger partial charge is 0.484 e. The fraction of sp³-hybridized carbons (Fsp3) is 0.188. The Kier molecular flexibility index (Phi) is 5.88. The van der Waals surface area contributed by atoms with Crippen LogP contribution in [0.2, 0.25) is 0 Å². The lowest BCUT2D eigenvalue weighted by molar-refractivity contribution is -0.119. The smallest absolute Gasteiger partial charge is 0.255 e. The lowest BCUT2D eigenvalue weighted by Gasteiger charge is -2.08. The molecule has 0 aliphatic carbocycles. The van der Waals surface area contributed by atoms with Crippen LogP contribution in [0.1, 0.15) is 5.56 Å². The van der Waals surface area contributed by atoms with Crippen LogP contribution in [0.25, 0.3) is 0 Å². The van der Waals surface area contributed by atoms with E-state index in [0.29, 0.717) is 11.3 Å². The van der Waals surface area contributed by atoms with E-state index < -0.39 is 15.9 Å². The molecule has 2 rings (SSSR count). The van der Waals surface area contributed by atoms with Crippen LogP contribution in [-0.4, -0.2) is 27.5 Å². The third-order valence-corrected chi connectivity index (χ3v) is 4.64. The second-order valence-corrected chi connectivity index (χ2v) is 6.73. The van der Waals surface area contributed by atoms with E-state index >= 15 is 0 Å². The molecule has 2 aromatic carbocycles. The van der Waals surface area contributed by atoms with Gasteiger partial charge in [-0.1, -0.05) is 18.2 Å². The van der Waals surface area contributed by atoms with Gasteiger partial charge in [0.1, 0.15) is 11.6 Å². The van der Waals surface area contributed by atoms with Crippen molar-refractivity contribution in [1.29, 1.82) is 0 Å². The van der Waals surface area contributed by atoms with Crippen molar-refractivity contribution in [3.8, 4) is 5.75 Å². The molecule has 0 radical (unpaired) electrons. The molecule has 6 nitrogen and oxygen atoms in total. The Hall–Kier alpha value is -2.45. The first kappa shape index (κ1) is 17.9. The summed E-state index contributed by atoms with van der Waals surface area (Å²) in [6.45, 7) is -0.212. The van der Waals surface area contributed by atoms with Crippen LogP contribution in [0, 0.1) is 5.82 Å². The SMILES string of the molecule is NC(=O)COc1ccc(S(=O)(=O)NCCc2ccccc2F)cc1. The lowest BCUT2D eigenvalue weighted by atomic mass is 10.1. The molecule has 0 heterocycles. The van der Waals surface area contributed by atoms with E-state index in [0.717, 1.165) is 0 Å². The third kappa shape index (κ3) is 5.04. The average Bonchev–Trinajstić information content (AvgIpc) is 2.55. The molecule has 3 N–H and O–H groups in total. The van der Waals surface area contributed by atoms with Crippen LogP contribution >= 0.6 is 0 Å². The van der Waals surface area contributed by atoms with Crippen molar-refractivity contribution in [3.63, 3.8) is 0 Å². The van der Waals surface area contributed by atoms with Gasteiger partial charge in [-0.15, -0.1) is 0 Å². The van der Waals surface area contributed by atoms with Crippen molar-refractivity contribution in [2.24, 2.45) is 5.73 Å². The molecule has 8 heteroatoms. The Balaban J connectivity index is 1.95. The Morgan fingerprint density at radius 3 is 2.42 bits per heavy atom. The summed E-state index contributed by atoms with van der Waals surface area (Å²) in [5.41, 5.74) is 5.40. The van der Waals surface area contributed by atoms with Gasteiger partial charge in [0.25, 0.3) is 5.91 Å². The quantitative estimate of drug-likeness (QED) is 0.746. The minimum Gasteiger partial charge on any atom is -0.484 e. The fourth-order valence-corrected chi connectivity index (χ4v) is 3.01. The van der Waals surface area contributed by atoms with E-state index in [2.05, 4.69) is 4.72 Å². The first-order chi connectivity index (χ1) is 11.4. The summed E-state index contributed by atoms with van der Waals surface area (Å²) in [6.07, 6.45) is 0.242. The Bertz CT molecular complexity index is 807. The van der Waals surface area contributed by atoms with Crippen LogP contribution in [0.15, 0.2) is 53.4 Å². The van der Waals surface area contributed by atoms with E-state index in [-0.39, 0.29) is 30.3 Å². The number of halogens is 1. The van der Waals surface area contributed by atoms with Crippen molar-refractivity contribution in [2.45, 2.75) is 11.3 Å².